The predicted molar refractivity (Wildman–Crippen MR) is 59.4 cm³/mol. The minimum atomic E-state index is -0.782. The second-order valence-corrected chi connectivity index (χ2v) is 5.04. The highest BCUT2D eigenvalue weighted by atomic mass is 17.4. The maximum Gasteiger partial charge on any atom is 0.370 e. The molecule has 0 aliphatic carbocycles. The van der Waals surface area contributed by atoms with Crippen molar-refractivity contribution in [2.24, 2.45) is 5.92 Å². The van der Waals surface area contributed by atoms with Crippen LogP contribution in [0.25, 0.3) is 0 Å². The van der Waals surface area contributed by atoms with E-state index in [2.05, 4.69) is 23.6 Å². The van der Waals surface area contributed by atoms with E-state index in [1.807, 2.05) is 13.8 Å². The van der Waals surface area contributed by atoms with E-state index in [1.165, 1.54) is 0 Å². The minimum absolute atomic E-state index is 0.388. The molecule has 4 heteroatoms. The molecule has 1 saturated heterocycles. The molecule has 0 amide bonds. The number of rotatable bonds is 7. The van der Waals surface area contributed by atoms with E-state index in [0.29, 0.717) is 5.92 Å². The Hall–Kier alpha value is -0.610. The van der Waals surface area contributed by atoms with Crippen LogP contribution in [0, 0.1) is 5.92 Å². The van der Waals surface area contributed by atoms with E-state index in [1.54, 1.807) is 0 Å². The molecule has 1 aliphatic rings. The van der Waals surface area contributed by atoms with Crippen LogP contribution in [-0.2, 0) is 19.3 Å². The van der Waals surface area contributed by atoms with Gasteiger partial charge in [0.25, 0.3) is 0 Å². The standard InChI is InChI=1S/C12H22O4/c1-5-12(4,8-6-7-9(2)3)14-10(13)11-15-16-11/h9,11H,5-8H2,1-4H3. The van der Waals surface area contributed by atoms with Gasteiger partial charge in [0.1, 0.15) is 5.60 Å². The van der Waals surface area contributed by atoms with Crippen LogP contribution in [0.2, 0.25) is 0 Å². The lowest BCUT2D eigenvalue weighted by Crippen LogP contribution is -2.32. The molecule has 0 aromatic heterocycles. The molecule has 16 heavy (non-hydrogen) atoms. The highest BCUT2D eigenvalue weighted by Gasteiger charge is 2.40. The van der Waals surface area contributed by atoms with Gasteiger partial charge in [0, 0.05) is 0 Å². The number of carbonyl (C=O) groups is 1. The van der Waals surface area contributed by atoms with Gasteiger partial charge in [0.15, 0.2) is 0 Å². The highest BCUT2D eigenvalue weighted by molar-refractivity contribution is 5.74. The third-order valence-corrected chi connectivity index (χ3v) is 2.97. The van der Waals surface area contributed by atoms with Gasteiger partial charge in [0.05, 0.1) is 0 Å². The fourth-order valence-corrected chi connectivity index (χ4v) is 1.58. The quantitative estimate of drug-likeness (QED) is 0.383. The van der Waals surface area contributed by atoms with E-state index in [9.17, 15) is 4.79 Å². The largest absolute Gasteiger partial charge is 0.455 e. The summed E-state index contributed by atoms with van der Waals surface area (Å²) in [4.78, 5) is 20.3. The van der Waals surface area contributed by atoms with Gasteiger partial charge >= 0.3 is 12.3 Å². The van der Waals surface area contributed by atoms with Crippen molar-refractivity contribution in [3.8, 4) is 0 Å². The third-order valence-electron chi connectivity index (χ3n) is 2.97. The molecule has 0 aromatic rings. The number of hydrogen-bond donors (Lipinski definition) is 0. The zero-order valence-corrected chi connectivity index (χ0v) is 10.6. The average Bonchev–Trinajstić information content (AvgIpc) is 3.00. The summed E-state index contributed by atoms with van der Waals surface area (Å²) >= 11 is 0. The SMILES string of the molecule is CCC(C)(CCCC(C)C)OC(=O)C1OO1. The maximum atomic E-state index is 11.4. The Bertz CT molecular complexity index is 235. The number of esters is 1. The van der Waals surface area contributed by atoms with E-state index in [-0.39, 0.29) is 5.60 Å². The van der Waals surface area contributed by atoms with Crippen molar-refractivity contribution in [2.75, 3.05) is 0 Å². The molecule has 0 bridgehead atoms. The second-order valence-electron chi connectivity index (χ2n) is 5.04. The normalized spacial score (nSPS) is 19.6. The maximum absolute atomic E-state index is 11.4. The molecular formula is C12H22O4. The summed E-state index contributed by atoms with van der Waals surface area (Å²) in [5, 5.41) is 0. The van der Waals surface area contributed by atoms with Crippen LogP contribution in [0.5, 0.6) is 0 Å². The number of carbonyl (C=O) groups excluding carboxylic acids is 1. The summed E-state index contributed by atoms with van der Waals surface area (Å²) < 4.78 is 5.40. The Balaban J connectivity index is 2.32. The zero-order valence-electron chi connectivity index (χ0n) is 10.6. The topological polar surface area (TPSA) is 51.4 Å². The zero-order chi connectivity index (χ0) is 12.2. The van der Waals surface area contributed by atoms with E-state index in [4.69, 9.17) is 4.74 Å². The summed E-state index contributed by atoms with van der Waals surface area (Å²) in [7, 11) is 0. The van der Waals surface area contributed by atoms with Crippen LogP contribution >= 0.6 is 0 Å². The molecule has 0 N–H and O–H groups in total. The lowest BCUT2D eigenvalue weighted by Gasteiger charge is -2.28. The molecule has 1 atom stereocenters. The first-order valence-corrected chi connectivity index (χ1v) is 6.02. The summed E-state index contributed by atoms with van der Waals surface area (Å²) in [5.74, 6) is 0.279. The lowest BCUT2D eigenvalue weighted by atomic mass is 9.93. The first-order valence-electron chi connectivity index (χ1n) is 6.02. The van der Waals surface area contributed by atoms with Gasteiger partial charge in [-0.1, -0.05) is 27.2 Å². The summed E-state index contributed by atoms with van der Waals surface area (Å²) in [5.41, 5.74) is -0.388. The Morgan fingerprint density at radius 1 is 1.44 bits per heavy atom. The van der Waals surface area contributed by atoms with E-state index >= 15 is 0 Å². The van der Waals surface area contributed by atoms with Crippen molar-refractivity contribution in [2.45, 2.75) is 65.3 Å². The van der Waals surface area contributed by atoms with Crippen LogP contribution in [-0.4, -0.2) is 17.9 Å². The number of hydrogen-bond acceptors (Lipinski definition) is 4. The van der Waals surface area contributed by atoms with Crippen LogP contribution in [0.15, 0.2) is 0 Å². The molecule has 0 aromatic carbocycles. The van der Waals surface area contributed by atoms with Gasteiger partial charge in [-0.3, -0.25) is 0 Å². The Morgan fingerprint density at radius 3 is 2.50 bits per heavy atom. The molecule has 94 valence electrons. The molecule has 1 unspecified atom stereocenters. The summed E-state index contributed by atoms with van der Waals surface area (Å²) in [6.45, 7) is 8.38. The van der Waals surface area contributed by atoms with Crippen molar-refractivity contribution >= 4 is 5.97 Å². The molecule has 1 aliphatic heterocycles. The summed E-state index contributed by atoms with van der Waals surface area (Å²) in [6.07, 6.45) is 3.14. The van der Waals surface area contributed by atoms with Crippen molar-refractivity contribution in [1.82, 2.24) is 0 Å². The second kappa shape index (κ2) is 5.64. The van der Waals surface area contributed by atoms with Gasteiger partial charge in [-0.2, -0.15) is 9.78 Å². The van der Waals surface area contributed by atoms with Crippen molar-refractivity contribution in [3.05, 3.63) is 0 Å². The van der Waals surface area contributed by atoms with Crippen molar-refractivity contribution in [1.29, 1.82) is 0 Å². The first-order chi connectivity index (χ1) is 7.47. The molecule has 4 nitrogen and oxygen atoms in total. The van der Waals surface area contributed by atoms with Gasteiger partial charge < -0.3 is 4.74 Å². The van der Waals surface area contributed by atoms with Crippen LogP contribution < -0.4 is 0 Å². The van der Waals surface area contributed by atoms with Gasteiger partial charge in [-0.05, 0) is 32.1 Å². The Kier molecular flexibility index (Phi) is 4.74. The molecule has 0 spiro atoms. The van der Waals surface area contributed by atoms with Gasteiger partial charge in [-0.15, -0.1) is 0 Å². The molecule has 0 saturated carbocycles. The van der Waals surface area contributed by atoms with Crippen LogP contribution in [0.4, 0.5) is 0 Å². The molecule has 0 radical (unpaired) electrons. The van der Waals surface area contributed by atoms with Crippen molar-refractivity contribution in [3.63, 3.8) is 0 Å². The predicted octanol–water partition coefficient (Wildman–Crippen LogP) is 2.81. The smallest absolute Gasteiger partial charge is 0.370 e. The van der Waals surface area contributed by atoms with Crippen LogP contribution in [0.1, 0.15) is 53.4 Å². The molecule has 1 rings (SSSR count). The summed E-state index contributed by atoms with van der Waals surface area (Å²) in [6, 6.07) is 0. The Labute approximate surface area is 97.2 Å². The van der Waals surface area contributed by atoms with E-state index < -0.39 is 12.3 Å². The fraction of sp³-hybridized carbons (Fsp3) is 0.917. The Morgan fingerprint density at radius 2 is 2.06 bits per heavy atom. The molecule has 1 heterocycles. The number of ether oxygens (including phenoxy) is 1. The average molecular weight is 230 g/mol. The van der Waals surface area contributed by atoms with Crippen LogP contribution in [0.3, 0.4) is 0 Å². The minimum Gasteiger partial charge on any atom is -0.455 e. The lowest BCUT2D eigenvalue weighted by molar-refractivity contribution is -0.161. The van der Waals surface area contributed by atoms with Gasteiger partial charge in [0.2, 0.25) is 0 Å². The monoisotopic (exact) mass is 230 g/mol. The molecular weight excluding hydrogens is 208 g/mol. The van der Waals surface area contributed by atoms with Crippen molar-refractivity contribution < 1.29 is 19.3 Å². The first kappa shape index (κ1) is 13.5. The molecule has 1 fully saturated rings. The van der Waals surface area contributed by atoms with E-state index in [0.717, 1.165) is 25.7 Å². The van der Waals surface area contributed by atoms with Gasteiger partial charge in [-0.25, -0.2) is 4.79 Å². The highest BCUT2D eigenvalue weighted by Crippen LogP contribution is 2.26. The fourth-order valence-electron chi connectivity index (χ4n) is 1.58. The third kappa shape index (κ3) is 4.49.